The van der Waals surface area contributed by atoms with Gasteiger partial charge in [-0.15, -0.1) is 0 Å². The van der Waals surface area contributed by atoms with Crippen LogP contribution in [0.15, 0.2) is 42.5 Å². The van der Waals surface area contributed by atoms with E-state index in [-0.39, 0.29) is 22.9 Å². The second-order valence-electron chi connectivity index (χ2n) is 6.85. The van der Waals surface area contributed by atoms with E-state index < -0.39 is 4.92 Å². The minimum atomic E-state index is -0.569. The van der Waals surface area contributed by atoms with Crippen LogP contribution in [0.5, 0.6) is 11.5 Å². The van der Waals surface area contributed by atoms with Crippen LogP contribution in [0.2, 0.25) is 0 Å². The molecule has 3 rings (SSSR count). The smallest absolute Gasteiger partial charge is 0.311 e. The first kappa shape index (κ1) is 19.7. The highest BCUT2D eigenvalue weighted by Gasteiger charge is 2.18. The molecule has 7 nitrogen and oxygen atoms in total. The van der Waals surface area contributed by atoms with Crippen LogP contribution in [0.1, 0.15) is 48.0 Å². The lowest BCUT2D eigenvalue weighted by atomic mass is 9.98. The van der Waals surface area contributed by atoms with Crippen molar-refractivity contribution in [2.24, 2.45) is 0 Å². The standard InChI is InChI=1S/C21H24N2O5/c1-27-20-12-9-16(13-19(20)23(25)26)21(24)22-14-15-7-10-18(11-8-15)28-17-5-3-2-4-6-17/h7-13,17H,2-6,14H2,1H3,(H,22,24). The number of hydrogen-bond acceptors (Lipinski definition) is 5. The molecule has 7 heteroatoms. The Kier molecular flexibility index (Phi) is 6.47. The lowest BCUT2D eigenvalue weighted by molar-refractivity contribution is -0.385. The zero-order valence-corrected chi connectivity index (χ0v) is 15.8. The van der Waals surface area contributed by atoms with Crippen LogP contribution >= 0.6 is 0 Å². The Hall–Kier alpha value is -3.09. The molecule has 1 saturated carbocycles. The topological polar surface area (TPSA) is 90.7 Å². The Morgan fingerprint density at radius 3 is 2.50 bits per heavy atom. The molecule has 0 radical (unpaired) electrons. The number of nitro benzene ring substituents is 1. The Morgan fingerprint density at radius 2 is 1.86 bits per heavy atom. The Labute approximate surface area is 163 Å². The molecule has 0 aliphatic heterocycles. The van der Waals surface area contributed by atoms with E-state index in [1.54, 1.807) is 0 Å². The SMILES string of the molecule is COc1ccc(C(=O)NCc2ccc(OC3CCCCC3)cc2)cc1[N+](=O)[O-]. The maximum absolute atomic E-state index is 12.3. The van der Waals surface area contributed by atoms with Crippen molar-refractivity contribution in [3.8, 4) is 11.5 Å². The fourth-order valence-corrected chi connectivity index (χ4v) is 3.32. The molecule has 1 aliphatic rings. The molecular weight excluding hydrogens is 360 g/mol. The van der Waals surface area contributed by atoms with E-state index in [0.717, 1.165) is 24.2 Å². The first-order chi connectivity index (χ1) is 13.6. The lowest BCUT2D eigenvalue weighted by Crippen LogP contribution is -2.23. The third-order valence-electron chi connectivity index (χ3n) is 4.87. The number of benzene rings is 2. The van der Waals surface area contributed by atoms with Gasteiger partial charge in [-0.2, -0.15) is 0 Å². The third-order valence-corrected chi connectivity index (χ3v) is 4.87. The van der Waals surface area contributed by atoms with Crippen LogP contribution in [-0.2, 0) is 6.54 Å². The fourth-order valence-electron chi connectivity index (χ4n) is 3.32. The van der Waals surface area contributed by atoms with E-state index in [1.807, 2.05) is 24.3 Å². The van der Waals surface area contributed by atoms with E-state index in [9.17, 15) is 14.9 Å². The highest BCUT2D eigenvalue weighted by atomic mass is 16.6. The van der Waals surface area contributed by atoms with Crippen molar-refractivity contribution >= 4 is 11.6 Å². The van der Waals surface area contributed by atoms with Crippen molar-refractivity contribution in [3.05, 3.63) is 63.7 Å². The summed E-state index contributed by atoms with van der Waals surface area (Å²) in [5, 5.41) is 13.9. The van der Waals surface area contributed by atoms with Gasteiger partial charge < -0.3 is 14.8 Å². The third kappa shape index (κ3) is 5.00. The molecule has 0 atom stereocenters. The molecule has 0 bridgehead atoms. The van der Waals surface area contributed by atoms with Crippen LogP contribution in [0, 0.1) is 10.1 Å². The fraction of sp³-hybridized carbons (Fsp3) is 0.381. The molecule has 0 saturated heterocycles. The highest BCUT2D eigenvalue weighted by Crippen LogP contribution is 2.27. The summed E-state index contributed by atoms with van der Waals surface area (Å²) in [5.41, 5.74) is 0.900. The summed E-state index contributed by atoms with van der Waals surface area (Å²) in [4.78, 5) is 22.8. The number of hydrogen-bond donors (Lipinski definition) is 1. The molecule has 1 amide bonds. The van der Waals surface area contributed by atoms with Gasteiger partial charge in [0.15, 0.2) is 5.75 Å². The van der Waals surface area contributed by atoms with Crippen molar-refractivity contribution in [3.63, 3.8) is 0 Å². The number of nitro groups is 1. The van der Waals surface area contributed by atoms with Crippen LogP contribution in [0.4, 0.5) is 5.69 Å². The molecule has 2 aromatic carbocycles. The minimum absolute atomic E-state index is 0.120. The summed E-state index contributed by atoms with van der Waals surface area (Å²) in [6.45, 7) is 0.322. The number of carbonyl (C=O) groups excluding carboxylic acids is 1. The molecular formula is C21H24N2O5. The van der Waals surface area contributed by atoms with Gasteiger partial charge >= 0.3 is 5.69 Å². The first-order valence-electron chi connectivity index (χ1n) is 9.43. The van der Waals surface area contributed by atoms with Crippen LogP contribution in [0.3, 0.4) is 0 Å². The molecule has 1 fully saturated rings. The van der Waals surface area contributed by atoms with Gasteiger partial charge in [-0.1, -0.05) is 18.6 Å². The van der Waals surface area contributed by atoms with E-state index in [4.69, 9.17) is 9.47 Å². The molecule has 0 spiro atoms. The molecule has 148 valence electrons. The summed E-state index contributed by atoms with van der Waals surface area (Å²) >= 11 is 0. The van der Waals surface area contributed by atoms with E-state index in [0.29, 0.717) is 12.6 Å². The summed E-state index contributed by atoms with van der Waals surface area (Å²) in [5.74, 6) is 0.580. The van der Waals surface area contributed by atoms with E-state index in [1.165, 1.54) is 44.6 Å². The van der Waals surface area contributed by atoms with Crippen LogP contribution in [0.25, 0.3) is 0 Å². The predicted octanol–water partition coefficient (Wildman–Crippen LogP) is 4.24. The van der Waals surface area contributed by atoms with E-state index in [2.05, 4.69) is 5.32 Å². The van der Waals surface area contributed by atoms with Crippen LogP contribution < -0.4 is 14.8 Å². The normalized spacial score (nSPS) is 14.3. The predicted molar refractivity (Wildman–Crippen MR) is 105 cm³/mol. The summed E-state index contributed by atoms with van der Waals surface area (Å²) in [7, 11) is 1.35. The van der Waals surface area contributed by atoms with Gasteiger partial charge in [-0.05, 0) is 55.5 Å². The number of amides is 1. The average Bonchev–Trinajstić information content (AvgIpc) is 2.73. The van der Waals surface area contributed by atoms with Gasteiger partial charge in [0.05, 0.1) is 18.1 Å². The zero-order valence-electron chi connectivity index (χ0n) is 15.8. The number of rotatable bonds is 7. The molecule has 1 aliphatic carbocycles. The second kappa shape index (κ2) is 9.21. The van der Waals surface area contributed by atoms with Gasteiger partial charge in [-0.25, -0.2) is 0 Å². The largest absolute Gasteiger partial charge is 0.490 e. The molecule has 1 N–H and O–H groups in total. The first-order valence-corrected chi connectivity index (χ1v) is 9.43. The van der Waals surface area contributed by atoms with Gasteiger partial charge in [0.25, 0.3) is 5.91 Å². The zero-order chi connectivity index (χ0) is 19.9. The molecule has 28 heavy (non-hydrogen) atoms. The number of nitrogens with zero attached hydrogens (tertiary/aromatic N) is 1. The number of carbonyl (C=O) groups is 1. The summed E-state index contributed by atoms with van der Waals surface area (Å²) in [6.07, 6.45) is 6.23. The Balaban J connectivity index is 1.57. The Bertz CT molecular complexity index is 829. The molecule has 0 heterocycles. The summed E-state index contributed by atoms with van der Waals surface area (Å²) in [6, 6.07) is 11.8. The molecule has 0 aromatic heterocycles. The van der Waals surface area contributed by atoms with Gasteiger partial charge in [0.2, 0.25) is 0 Å². The van der Waals surface area contributed by atoms with Crippen molar-refractivity contribution in [2.45, 2.75) is 44.8 Å². The van der Waals surface area contributed by atoms with Crippen molar-refractivity contribution in [2.75, 3.05) is 7.11 Å². The van der Waals surface area contributed by atoms with Gasteiger partial charge in [0, 0.05) is 18.2 Å². The quantitative estimate of drug-likeness (QED) is 0.569. The molecule has 2 aromatic rings. The number of methoxy groups -OCH3 is 1. The second-order valence-corrected chi connectivity index (χ2v) is 6.85. The molecule has 0 unspecified atom stereocenters. The van der Waals surface area contributed by atoms with Gasteiger partial charge in [0.1, 0.15) is 5.75 Å². The minimum Gasteiger partial charge on any atom is -0.490 e. The summed E-state index contributed by atoms with van der Waals surface area (Å²) < 4.78 is 11.0. The Morgan fingerprint density at radius 1 is 1.14 bits per heavy atom. The highest BCUT2D eigenvalue weighted by molar-refractivity contribution is 5.95. The van der Waals surface area contributed by atoms with Gasteiger partial charge in [-0.3, -0.25) is 14.9 Å². The van der Waals surface area contributed by atoms with Crippen molar-refractivity contribution in [1.82, 2.24) is 5.32 Å². The maximum atomic E-state index is 12.3. The maximum Gasteiger partial charge on any atom is 0.311 e. The average molecular weight is 384 g/mol. The van der Waals surface area contributed by atoms with Crippen LogP contribution in [-0.4, -0.2) is 24.0 Å². The number of ether oxygens (including phenoxy) is 2. The van der Waals surface area contributed by atoms with Crippen molar-refractivity contribution in [1.29, 1.82) is 0 Å². The van der Waals surface area contributed by atoms with E-state index >= 15 is 0 Å². The lowest BCUT2D eigenvalue weighted by Gasteiger charge is -2.23. The monoisotopic (exact) mass is 384 g/mol. The number of nitrogens with one attached hydrogen (secondary N) is 1. The van der Waals surface area contributed by atoms with Crippen molar-refractivity contribution < 1.29 is 19.2 Å².